The van der Waals surface area contributed by atoms with Gasteiger partial charge in [0.15, 0.2) is 5.13 Å². The molecule has 0 bridgehead atoms. The minimum atomic E-state index is -0.213. The summed E-state index contributed by atoms with van der Waals surface area (Å²) < 4.78 is 12.1. The molecule has 3 aromatic rings. The third-order valence-corrected chi connectivity index (χ3v) is 7.92. The molecule has 0 radical (unpaired) electrons. The smallest absolute Gasteiger partial charge is 0.263 e. The molecular formula is C29H34N4O4S. The first-order valence-electron chi connectivity index (χ1n) is 13.1. The summed E-state index contributed by atoms with van der Waals surface area (Å²) in [6, 6.07) is 16.1. The summed E-state index contributed by atoms with van der Waals surface area (Å²) in [5.74, 6) is 2.09. The van der Waals surface area contributed by atoms with Crippen LogP contribution in [-0.2, 0) is 4.79 Å². The molecule has 2 heterocycles. The highest BCUT2D eigenvalue weighted by molar-refractivity contribution is 7.17. The molecule has 2 aliphatic rings. The maximum Gasteiger partial charge on any atom is 0.263 e. The molecule has 8 nitrogen and oxygen atoms in total. The second kappa shape index (κ2) is 11.4. The van der Waals surface area contributed by atoms with E-state index in [2.05, 4.69) is 44.8 Å². The van der Waals surface area contributed by atoms with Crippen molar-refractivity contribution in [3.05, 3.63) is 64.7 Å². The van der Waals surface area contributed by atoms with Crippen molar-refractivity contribution in [3.8, 4) is 11.5 Å². The fourth-order valence-electron chi connectivity index (χ4n) is 4.49. The summed E-state index contributed by atoms with van der Waals surface area (Å²) in [4.78, 5) is 31.2. The Hall–Kier alpha value is -3.59. The number of anilines is 2. The molecule has 2 atom stereocenters. The van der Waals surface area contributed by atoms with Gasteiger partial charge >= 0.3 is 0 Å². The normalized spacial score (nSPS) is 17.7. The molecule has 38 heavy (non-hydrogen) atoms. The predicted molar refractivity (Wildman–Crippen MR) is 149 cm³/mol. The van der Waals surface area contributed by atoms with Crippen molar-refractivity contribution in [2.24, 2.45) is 5.92 Å². The van der Waals surface area contributed by atoms with E-state index in [1.165, 1.54) is 36.8 Å². The largest absolute Gasteiger partial charge is 0.493 e. The number of nitrogens with one attached hydrogen (secondary N) is 2. The number of rotatable bonds is 10. The van der Waals surface area contributed by atoms with Gasteiger partial charge in [0, 0.05) is 25.6 Å². The molecule has 1 saturated carbocycles. The summed E-state index contributed by atoms with van der Waals surface area (Å²) in [5.41, 5.74) is 2.76. The fraction of sp³-hybridized carbons (Fsp3) is 0.414. The number of ether oxygens (including phenoxy) is 2. The Morgan fingerprint density at radius 2 is 1.79 bits per heavy atom. The van der Waals surface area contributed by atoms with E-state index in [0.717, 1.165) is 49.1 Å². The van der Waals surface area contributed by atoms with Crippen molar-refractivity contribution in [1.29, 1.82) is 0 Å². The lowest BCUT2D eigenvalue weighted by Crippen LogP contribution is -2.26. The van der Waals surface area contributed by atoms with Crippen molar-refractivity contribution in [1.82, 2.24) is 10.3 Å². The Balaban J connectivity index is 1.11. The minimum Gasteiger partial charge on any atom is -0.493 e. The van der Waals surface area contributed by atoms with Crippen LogP contribution in [0.3, 0.4) is 0 Å². The second-order valence-corrected chi connectivity index (χ2v) is 11.1. The number of hydrogen-bond acceptors (Lipinski definition) is 7. The number of carbonyl (C=O) groups excluding carboxylic acids is 2. The van der Waals surface area contributed by atoms with Crippen LogP contribution in [0.15, 0.2) is 48.5 Å². The van der Waals surface area contributed by atoms with Gasteiger partial charge in [-0.15, -0.1) is 0 Å². The Morgan fingerprint density at radius 3 is 2.47 bits per heavy atom. The number of aryl methyl sites for hydroxylation is 1. The Kier molecular flexibility index (Phi) is 7.83. The molecule has 0 spiro atoms. The highest BCUT2D eigenvalue weighted by Gasteiger charge is 2.25. The van der Waals surface area contributed by atoms with E-state index in [4.69, 9.17) is 9.47 Å². The SMILES string of the molecule is CC(=O)Nc1nc(C)c(C(=O)N[C@@H](C)c2ccc(O[C@@H]3CCN(c4ccc(OCC5CC5)cc4)C3)cc2)s1. The van der Waals surface area contributed by atoms with Crippen molar-refractivity contribution in [2.45, 2.75) is 52.2 Å². The standard InChI is InChI=1S/C29H34N4O4S/c1-18(30-28(35)27-19(2)31-29(38-27)32-20(3)34)22-6-10-25(11-7-22)37-26-14-15-33(16-26)23-8-12-24(13-9-23)36-17-21-4-5-21/h6-13,18,21,26H,4-5,14-17H2,1-3H3,(H,30,35)(H,31,32,34)/t18-,26+/m0/s1. The van der Waals surface area contributed by atoms with Crippen molar-refractivity contribution in [3.63, 3.8) is 0 Å². The maximum atomic E-state index is 12.8. The van der Waals surface area contributed by atoms with E-state index in [9.17, 15) is 9.59 Å². The molecule has 1 aromatic heterocycles. The van der Waals surface area contributed by atoms with Crippen LogP contribution in [0.2, 0.25) is 0 Å². The maximum absolute atomic E-state index is 12.8. The lowest BCUT2D eigenvalue weighted by atomic mass is 10.1. The molecule has 2 aromatic carbocycles. The van der Waals surface area contributed by atoms with Gasteiger partial charge in [-0.1, -0.05) is 23.5 Å². The first-order chi connectivity index (χ1) is 18.3. The van der Waals surface area contributed by atoms with Gasteiger partial charge in [-0.05, 0) is 74.6 Å². The van der Waals surface area contributed by atoms with Crippen LogP contribution in [0.1, 0.15) is 60.1 Å². The highest BCUT2D eigenvalue weighted by Crippen LogP contribution is 2.31. The van der Waals surface area contributed by atoms with Crippen LogP contribution >= 0.6 is 11.3 Å². The molecule has 5 rings (SSSR count). The quantitative estimate of drug-likeness (QED) is 0.364. The van der Waals surface area contributed by atoms with Crippen LogP contribution in [0.25, 0.3) is 0 Å². The molecule has 1 aliphatic carbocycles. The van der Waals surface area contributed by atoms with E-state index < -0.39 is 0 Å². The average molecular weight is 535 g/mol. The number of benzene rings is 2. The summed E-state index contributed by atoms with van der Waals surface area (Å²) >= 11 is 1.17. The molecule has 2 fully saturated rings. The number of thiazole rings is 1. The topological polar surface area (TPSA) is 92.8 Å². The summed E-state index contributed by atoms with van der Waals surface area (Å²) in [7, 11) is 0. The number of carbonyl (C=O) groups is 2. The van der Waals surface area contributed by atoms with Crippen LogP contribution in [0.5, 0.6) is 11.5 Å². The van der Waals surface area contributed by atoms with Crippen LogP contribution < -0.4 is 25.0 Å². The summed E-state index contributed by atoms with van der Waals surface area (Å²) in [6.07, 6.45) is 3.67. The monoisotopic (exact) mass is 534 g/mol. The number of hydrogen-bond donors (Lipinski definition) is 2. The summed E-state index contributed by atoms with van der Waals surface area (Å²) in [5, 5.41) is 6.08. The number of aromatic nitrogens is 1. The van der Waals surface area contributed by atoms with E-state index >= 15 is 0 Å². The molecule has 2 amide bonds. The van der Waals surface area contributed by atoms with Gasteiger partial charge in [-0.25, -0.2) is 4.98 Å². The van der Waals surface area contributed by atoms with Gasteiger partial charge in [0.2, 0.25) is 5.91 Å². The predicted octanol–water partition coefficient (Wildman–Crippen LogP) is 5.35. The fourth-order valence-corrected chi connectivity index (χ4v) is 5.41. The van der Waals surface area contributed by atoms with Crippen molar-refractivity contribution >= 4 is 34.0 Å². The third kappa shape index (κ3) is 6.64. The lowest BCUT2D eigenvalue weighted by Gasteiger charge is -2.20. The zero-order chi connectivity index (χ0) is 26.6. The van der Waals surface area contributed by atoms with Gasteiger partial charge in [0.25, 0.3) is 5.91 Å². The van der Waals surface area contributed by atoms with E-state index in [0.29, 0.717) is 15.7 Å². The third-order valence-electron chi connectivity index (χ3n) is 6.85. The van der Waals surface area contributed by atoms with Gasteiger partial charge in [-0.2, -0.15) is 0 Å². The lowest BCUT2D eigenvalue weighted by molar-refractivity contribution is -0.114. The zero-order valence-electron chi connectivity index (χ0n) is 22.0. The van der Waals surface area contributed by atoms with Crippen LogP contribution in [-0.4, -0.2) is 42.6 Å². The van der Waals surface area contributed by atoms with E-state index in [1.54, 1.807) is 6.92 Å². The molecular weight excluding hydrogens is 500 g/mol. The molecule has 1 saturated heterocycles. The number of amides is 2. The first-order valence-corrected chi connectivity index (χ1v) is 14.0. The number of nitrogens with zero attached hydrogens (tertiary/aromatic N) is 2. The molecule has 0 unspecified atom stereocenters. The molecule has 9 heteroatoms. The van der Waals surface area contributed by atoms with E-state index in [1.807, 2.05) is 31.2 Å². The zero-order valence-corrected chi connectivity index (χ0v) is 22.8. The van der Waals surface area contributed by atoms with Gasteiger partial charge in [-0.3, -0.25) is 9.59 Å². The van der Waals surface area contributed by atoms with Crippen LogP contribution in [0.4, 0.5) is 10.8 Å². The summed E-state index contributed by atoms with van der Waals surface area (Å²) in [6.45, 7) is 7.74. The van der Waals surface area contributed by atoms with E-state index in [-0.39, 0.29) is 24.0 Å². The average Bonchev–Trinajstić information content (AvgIpc) is 3.50. The minimum absolute atomic E-state index is 0.121. The van der Waals surface area contributed by atoms with Gasteiger partial charge in [0.1, 0.15) is 22.5 Å². The Morgan fingerprint density at radius 1 is 1.08 bits per heavy atom. The first kappa shape index (κ1) is 26.0. The highest BCUT2D eigenvalue weighted by atomic mass is 32.1. The Labute approximate surface area is 227 Å². The second-order valence-electron chi connectivity index (χ2n) is 10.1. The van der Waals surface area contributed by atoms with Crippen LogP contribution in [0, 0.1) is 12.8 Å². The molecule has 2 N–H and O–H groups in total. The van der Waals surface area contributed by atoms with Gasteiger partial charge in [0.05, 0.1) is 24.9 Å². The molecule has 200 valence electrons. The van der Waals surface area contributed by atoms with Gasteiger partial charge < -0.3 is 25.0 Å². The van der Waals surface area contributed by atoms with Crippen molar-refractivity contribution in [2.75, 3.05) is 29.9 Å². The Bertz CT molecular complexity index is 1270. The van der Waals surface area contributed by atoms with Crippen molar-refractivity contribution < 1.29 is 19.1 Å². The molecule has 1 aliphatic heterocycles.